The first kappa shape index (κ1) is 10.8. The molecule has 1 heterocycles. The van der Waals surface area contributed by atoms with Gasteiger partial charge in [-0.3, -0.25) is 4.57 Å². The SMILES string of the molecule is NC(CO)c1cncn1-c1ccccc1F. The van der Waals surface area contributed by atoms with E-state index in [1.54, 1.807) is 18.2 Å². The van der Waals surface area contributed by atoms with Crippen molar-refractivity contribution in [1.29, 1.82) is 0 Å². The molecule has 1 unspecified atom stereocenters. The first-order valence-electron chi connectivity index (χ1n) is 4.87. The molecule has 2 rings (SSSR count). The summed E-state index contributed by atoms with van der Waals surface area (Å²) in [5, 5.41) is 8.99. The zero-order valence-corrected chi connectivity index (χ0v) is 8.55. The molecule has 1 aromatic heterocycles. The Morgan fingerprint density at radius 3 is 2.88 bits per heavy atom. The molecule has 16 heavy (non-hydrogen) atoms. The van der Waals surface area contributed by atoms with Crippen LogP contribution < -0.4 is 5.73 Å². The van der Waals surface area contributed by atoms with Crippen LogP contribution in [0.25, 0.3) is 5.69 Å². The lowest BCUT2D eigenvalue weighted by atomic mass is 10.2. The van der Waals surface area contributed by atoms with Crippen LogP contribution in [0, 0.1) is 5.82 Å². The number of rotatable bonds is 3. The standard InChI is InChI=1S/C11H12FN3O/c12-8-3-1-2-4-10(8)15-7-14-5-11(15)9(13)6-16/h1-5,7,9,16H,6,13H2. The van der Waals surface area contributed by atoms with Crippen molar-refractivity contribution in [3.63, 3.8) is 0 Å². The largest absolute Gasteiger partial charge is 0.394 e. The molecule has 0 aliphatic carbocycles. The Morgan fingerprint density at radius 2 is 2.19 bits per heavy atom. The number of aliphatic hydroxyl groups is 1. The Bertz CT molecular complexity index is 484. The van der Waals surface area contributed by atoms with E-state index in [1.807, 2.05) is 0 Å². The van der Waals surface area contributed by atoms with Crippen LogP contribution in [0.15, 0.2) is 36.8 Å². The molecule has 3 N–H and O–H groups in total. The fourth-order valence-electron chi connectivity index (χ4n) is 1.52. The second-order valence-electron chi connectivity index (χ2n) is 3.43. The lowest BCUT2D eigenvalue weighted by molar-refractivity contribution is 0.265. The van der Waals surface area contributed by atoms with E-state index in [0.29, 0.717) is 11.4 Å². The summed E-state index contributed by atoms with van der Waals surface area (Å²) in [5.74, 6) is -0.355. The number of nitrogens with zero attached hydrogens (tertiary/aromatic N) is 2. The highest BCUT2D eigenvalue weighted by Gasteiger charge is 2.13. The van der Waals surface area contributed by atoms with Crippen LogP contribution in [0.3, 0.4) is 0 Å². The van der Waals surface area contributed by atoms with Crippen LogP contribution in [0.4, 0.5) is 4.39 Å². The third-order valence-corrected chi connectivity index (χ3v) is 2.36. The molecule has 2 aromatic rings. The number of halogens is 1. The van der Waals surface area contributed by atoms with Crippen molar-refractivity contribution in [2.24, 2.45) is 5.73 Å². The van der Waals surface area contributed by atoms with Gasteiger partial charge in [-0.1, -0.05) is 12.1 Å². The minimum Gasteiger partial charge on any atom is -0.394 e. The minimum absolute atomic E-state index is 0.208. The zero-order chi connectivity index (χ0) is 11.5. The Hall–Kier alpha value is -1.72. The van der Waals surface area contributed by atoms with Crippen molar-refractivity contribution in [2.45, 2.75) is 6.04 Å². The smallest absolute Gasteiger partial charge is 0.147 e. The Kier molecular flexibility index (Phi) is 2.98. The molecule has 0 amide bonds. The van der Waals surface area contributed by atoms with Crippen LogP contribution in [-0.4, -0.2) is 21.3 Å². The van der Waals surface area contributed by atoms with E-state index in [2.05, 4.69) is 4.98 Å². The minimum atomic E-state index is -0.567. The van der Waals surface area contributed by atoms with Gasteiger partial charge in [-0.25, -0.2) is 9.37 Å². The lowest BCUT2D eigenvalue weighted by Crippen LogP contribution is -2.18. The number of hydrogen-bond acceptors (Lipinski definition) is 3. The molecule has 0 bridgehead atoms. The van der Waals surface area contributed by atoms with Crippen LogP contribution in [0.2, 0.25) is 0 Å². The van der Waals surface area contributed by atoms with E-state index < -0.39 is 6.04 Å². The van der Waals surface area contributed by atoms with Gasteiger partial charge in [0.05, 0.1) is 36.6 Å². The number of aromatic nitrogens is 2. The number of para-hydroxylation sites is 1. The molecular formula is C11H12FN3O. The first-order chi connectivity index (χ1) is 7.74. The molecule has 0 aliphatic rings. The molecule has 1 aromatic carbocycles. The molecule has 0 saturated carbocycles. The van der Waals surface area contributed by atoms with E-state index in [-0.39, 0.29) is 12.4 Å². The van der Waals surface area contributed by atoms with Gasteiger partial charge in [-0.15, -0.1) is 0 Å². The number of aliphatic hydroxyl groups excluding tert-OH is 1. The Balaban J connectivity index is 2.49. The monoisotopic (exact) mass is 221 g/mol. The average molecular weight is 221 g/mol. The highest BCUT2D eigenvalue weighted by molar-refractivity contribution is 5.35. The van der Waals surface area contributed by atoms with E-state index in [0.717, 1.165) is 0 Å². The average Bonchev–Trinajstić information content (AvgIpc) is 2.77. The van der Waals surface area contributed by atoms with E-state index in [1.165, 1.54) is 23.2 Å². The molecule has 84 valence electrons. The van der Waals surface area contributed by atoms with E-state index in [9.17, 15) is 4.39 Å². The molecular weight excluding hydrogens is 209 g/mol. The molecule has 0 aliphatic heterocycles. The summed E-state index contributed by atoms with van der Waals surface area (Å²) in [7, 11) is 0. The van der Waals surface area contributed by atoms with Crippen molar-refractivity contribution < 1.29 is 9.50 Å². The summed E-state index contributed by atoms with van der Waals surface area (Å²) in [6.45, 7) is -0.208. The molecule has 0 radical (unpaired) electrons. The summed E-state index contributed by atoms with van der Waals surface area (Å²) in [6.07, 6.45) is 3.00. The van der Waals surface area contributed by atoms with Crippen LogP contribution in [0.1, 0.15) is 11.7 Å². The third-order valence-electron chi connectivity index (χ3n) is 2.36. The predicted molar refractivity (Wildman–Crippen MR) is 57.5 cm³/mol. The summed E-state index contributed by atoms with van der Waals surface area (Å²) in [6, 6.07) is 5.77. The highest BCUT2D eigenvalue weighted by atomic mass is 19.1. The van der Waals surface area contributed by atoms with Gasteiger partial charge in [0, 0.05) is 0 Å². The first-order valence-corrected chi connectivity index (χ1v) is 4.87. The van der Waals surface area contributed by atoms with Crippen molar-refractivity contribution in [3.8, 4) is 5.69 Å². The molecule has 0 spiro atoms. The van der Waals surface area contributed by atoms with Crippen molar-refractivity contribution in [2.75, 3.05) is 6.61 Å². The number of nitrogens with two attached hydrogens (primary N) is 1. The number of benzene rings is 1. The van der Waals surface area contributed by atoms with Crippen molar-refractivity contribution in [3.05, 3.63) is 48.3 Å². The second kappa shape index (κ2) is 4.42. The maximum Gasteiger partial charge on any atom is 0.147 e. The summed E-state index contributed by atoms with van der Waals surface area (Å²) in [5.41, 5.74) is 6.64. The summed E-state index contributed by atoms with van der Waals surface area (Å²) >= 11 is 0. The summed E-state index contributed by atoms with van der Waals surface area (Å²) < 4.78 is 15.1. The zero-order valence-electron chi connectivity index (χ0n) is 8.55. The van der Waals surface area contributed by atoms with Gasteiger partial charge in [0.15, 0.2) is 0 Å². The van der Waals surface area contributed by atoms with Gasteiger partial charge in [-0.2, -0.15) is 0 Å². The van der Waals surface area contributed by atoms with Gasteiger partial charge < -0.3 is 10.8 Å². The molecule has 1 atom stereocenters. The maximum absolute atomic E-state index is 13.5. The van der Waals surface area contributed by atoms with Gasteiger partial charge in [0.1, 0.15) is 5.82 Å². The fourth-order valence-corrected chi connectivity index (χ4v) is 1.52. The van der Waals surface area contributed by atoms with Crippen molar-refractivity contribution in [1.82, 2.24) is 9.55 Å². The molecule has 4 nitrogen and oxygen atoms in total. The van der Waals surface area contributed by atoms with Crippen LogP contribution in [0.5, 0.6) is 0 Å². The van der Waals surface area contributed by atoms with Crippen LogP contribution >= 0.6 is 0 Å². The van der Waals surface area contributed by atoms with Gasteiger partial charge >= 0.3 is 0 Å². The lowest BCUT2D eigenvalue weighted by Gasteiger charge is -2.12. The fraction of sp³-hybridized carbons (Fsp3) is 0.182. The van der Waals surface area contributed by atoms with Gasteiger partial charge in [0.25, 0.3) is 0 Å². The second-order valence-corrected chi connectivity index (χ2v) is 3.43. The Morgan fingerprint density at radius 1 is 1.44 bits per heavy atom. The van der Waals surface area contributed by atoms with E-state index in [4.69, 9.17) is 10.8 Å². The van der Waals surface area contributed by atoms with Gasteiger partial charge in [-0.05, 0) is 12.1 Å². The number of imidazole rings is 1. The van der Waals surface area contributed by atoms with E-state index >= 15 is 0 Å². The Labute approximate surface area is 92.2 Å². The maximum atomic E-state index is 13.5. The topological polar surface area (TPSA) is 64.1 Å². The number of hydrogen-bond donors (Lipinski definition) is 2. The molecule has 0 fully saturated rings. The normalized spacial score (nSPS) is 12.7. The van der Waals surface area contributed by atoms with Crippen molar-refractivity contribution >= 4 is 0 Å². The molecule has 5 heteroatoms. The quantitative estimate of drug-likeness (QED) is 0.812. The van der Waals surface area contributed by atoms with Crippen LogP contribution in [-0.2, 0) is 0 Å². The molecule has 0 saturated heterocycles. The highest BCUT2D eigenvalue weighted by Crippen LogP contribution is 2.18. The van der Waals surface area contributed by atoms with Gasteiger partial charge in [0.2, 0.25) is 0 Å². The predicted octanol–water partition coefficient (Wildman–Crippen LogP) is 1.00. The summed E-state index contributed by atoms with van der Waals surface area (Å²) in [4.78, 5) is 3.91. The third kappa shape index (κ3) is 1.82.